The molecule has 0 rings (SSSR count). The lowest BCUT2D eigenvalue weighted by atomic mass is 10.2. The Bertz CT molecular complexity index is 93.3. The number of aliphatic hydroxyl groups is 2. The minimum absolute atomic E-state index is 0.190. The van der Waals surface area contributed by atoms with E-state index in [9.17, 15) is 0 Å². The lowest BCUT2D eigenvalue weighted by Crippen LogP contribution is -2.13. The van der Waals surface area contributed by atoms with Crippen LogP contribution in [0.5, 0.6) is 0 Å². The Hall–Kier alpha value is -0.540. The number of rotatable bonds is 7. The molecule has 0 amide bonds. The van der Waals surface area contributed by atoms with Gasteiger partial charge in [0.2, 0.25) is 0 Å². The predicted molar refractivity (Wildman–Crippen MR) is 43.1 cm³/mol. The van der Waals surface area contributed by atoms with Crippen LogP contribution in [0.15, 0.2) is 12.8 Å². The molecule has 1 unspecified atom stereocenters. The van der Waals surface area contributed by atoms with Gasteiger partial charge >= 0.3 is 0 Å². The SMILES string of the molecule is C=COCC(O)CCCCO. The molecule has 66 valence electrons. The fourth-order valence-electron chi connectivity index (χ4n) is 0.754. The van der Waals surface area contributed by atoms with Gasteiger partial charge in [0.05, 0.1) is 12.4 Å². The first-order valence-electron chi connectivity index (χ1n) is 3.82. The van der Waals surface area contributed by atoms with Gasteiger partial charge in [-0.2, -0.15) is 0 Å². The number of aliphatic hydroxyl groups excluding tert-OH is 2. The van der Waals surface area contributed by atoms with Crippen LogP contribution in [0.25, 0.3) is 0 Å². The standard InChI is InChI=1S/C8H16O3/c1-2-11-7-8(10)5-3-4-6-9/h2,8-10H,1,3-7H2. The largest absolute Gasteiger partial charge is 0.499 e. The van der Waals surface area contributed by atoms with Crippen molar-refractivity contribution in [1.82, 2.24) is 0 Å². The summed E-state index contributed by atoms with van der Waals surface area (Å²) in [5.74, 6) is 0. The fourth-order valence-corrected chi connectivity index (χ4v) is 0.754. The Morgan fingerprint density at radius 2 is 2.18 bits per heavy atom. The molecule has 0 aliphatic rings. The Morgan fingerprint density at radius 3 is 2.73 bits per heavy atom. The molecule has 0 spiro atoms. The molecule has 3 nitrogen and oxygen atoms in total. The minimum Gasteiger partial charge on any atom is -0.499 e. The molecule has 0 saturated heterocycles. The molecule has 0 aromatic rings. The maximum atomic E-state index is 9.15. The van der Waals surface area contributed by atoms with E-state index in [1.807, 2.05) is 0 Å². The second-order valence-corrected chi connectivity index (χ2v) is 2.37. The smallest absolute Gasteiger partial charge is 0.113 e. The lowest BCUT2D eigenvalue weighted by molar-refractivity contribution is 0.0751. The van der Waals surface area contributed by atoms with Gasteiger partial charge in [-0.1, -0.05) is 6.58 Å². The van der Waals surface area contributed by atoms with E-state index in [1.54, 1.807) is 0 Å². The van der Waals surface area contributed by atoms with Crippen molar-refractivity contribution in [2.24, 2.45) is 0 Å². The van der Waals surface area contributed by atoms with Crippen molar-refractivity contribution in [3.63, 3.8) is 0 Å². The van der Waals surface area contributed by atoms with Crippen LogP contribution in [0.2, 0.25) is 0 Å². The van der Waals surface area contributed by atoms with Crippen LogP contribution in [-0.2, 0) is 4.74 Å². The third kappa shape index (κ3) is 7.36. The molecule has 0 radical (unpaired) electrons. The highest BCUT2D eigenvalue weighted by molar-refractivity contribution is 4.57. The van der Waals surface area contributed by atoms with Gasteiger partial charge in [0.15, 0.2) is 0 Å². The van der Waals surface area contributed by atoms with Crippen molar-refractivity contribution in [2.75, 3.05) is 13.2 Å². The molecular formula is C8H16O3. The van der Waals surface area contributed by atoms with E-state index < -0.39 is 6.10 Å². The molecule has 0 aliphatic heterocycles. The fraction of sp³-hybridized carbons (Fsp3) is 0.750. The van der Waals surface area contributed by atoms with Gasteiger partial charge in [-0.15, -0.1) is 0 Å². The second-order valence-electron chi connectivity index (χ2n) is 2.37. The normalized spacial score (nSPS) is 12.5. The van der Waals surface area contributed by atoms with E-state index in [4.69, 9.17) is 14.9 Å². The van der Waals surface area contributed by atoms with E-state index >= 15 is 0 Å². The number of unbranched alkanes of at least 4 members (excludes halogenated alkanes) is 1. The number of hydrogen-bond donors (Lipinski definition) is 2. The highest BCUT2D eigenvalue weighted by atomic mass is 16.5. The van der Waals surface area contributed by atoms with Crippen molar-refractivity contribution in [1.29, 1.82) is 0 Å². The predicted octanol–water partition coefficient (Wildman–Crippen LogP) is 0.670. The highest BCUT2D eigenvalue weighted by Crippen LogP contribution is 2.00. The third-order valence-electron chi connectivity index (χ3n) is 1.35. The molecule has 0 aromatic carbocycles. The summed E-state index contributed by atoms with van der Waals surface area (Å²) < 4.78 is 4.78. The van der Waals surface area contributed by atoms with Crippen LogP contribution in [0.4, 0.5) is 0 Å². The Kier molecular flexibility index (Phi) is 7.19. The minimum atomic E-state index is -0.431. The van der Waals surface area contributed by atoms with Crippen LogP contribution < -0.4 is 0 Å². The second kappa shape index (κ2) is 7.57. The summed E-state index contributed by atoms with van der Waals surface area (Å²) in [4.78, 5) is 0. The molecule has 0 aliphatic carbocycles. The zero-order chi connectivity index (χ0) is 8.53. The molecule has 11 heavy (non-hydrogen) atoms. The van der Waals surface area contributed by atoms with Crippen LogP contribution in [-0.4, -0.2) is 29.5 Å². The van der Waals surface area contributed by atoms with E-state index in [0.29, 0.717) is 13.0 Å². The Balaban J connectivity index is 3.08. The molecule has 0 bridgehead atoms. The van der Waals surface area contributed by atoms with E-state index in [0.717, 1.165) is 12.8 Å². The van der Waals surface area contributed by atoms with Crippen molar-refractivity contribution < 1.29 is 14.9 Å². The molecule has 0 fully saturated rings. The van der Waals surface area contributed by atoms with E-state index in [1.165, 1.54) is 6.26 Å². The van der Waals surface area contributed by atoms with Crippen molar-refractivity contribution in [2.45, 2.75) is 25.4 Å². The van der Waals surface area contributed by atoms with Crippen LogP contribution >= 0.6 is 0 Å². The first-order chi connectivity index (χ1) is 5.31. The average molecular weight is 160 g/mol. The quantitative estimate of drug-likeness (QED) is 0.425. The Labute approximate surface area is 67.3 Å². The van der Waals surface area contributed by atoms with Gasteiger partial charge in [0, 0.05) is 6.61 Å². The summed E-state index contributed by atoms with van der Waals surface area (Å²) in [7, 11) is 0. The molecule has 0 aromatic heterocycles. The van der Waals surface area contributed by atoms with Crippen molar-refractivity contribution >= 4 is 0 Å². The van der Waals surface area contributed by atoms with E-state index in [2.05, 4.69) is 6.58 Å². The van der Waals surface area contributed by atoms with Gasteiger partial charge < -0.3 is 14.9 Å². The summed E-state index contributed by atoms with van der Waals surface area (Å²) >= 11 is 0. The highest BCUT2D eigenvalue weighted by Gasteiger charge is 2.01. The van der Waals surface area contributed by atoms with Crippen LogP contribution in [0, 0.1) is 0 Å². The summed E-state index contributed by atoms with van der Waals surface area (Å²) in [6, 6.07) is 0. The van der Waals surface area contributed by atoms with Crippen LogP contribution in [0.1, 0.15) is 19.3 Å². The average Bonchev–Trinajstić information content (AvgIpc) is 2.01. The topological polar surface area (TPSA) is 49.7 Å². The lowest BCUT2D eigenvalue weighted by Gasteiger charge is -2.08. The van der Waals surface area contributed by atoms with Gasteiger partial charge in [-0.3, -0.25) is 0 Å². The summed E-state index contributed by atoms with van der Waals surface area (Å²) in [5.41, 5.74) is 0. The molecule has 2 N–H and O–H groups in total. The van der Waals surface area contributed by atoms with Gasteiger partial charge in [-0.25, -0.2) is 0 Å². The van der Waals surface area contributed by atoms with Gasteiger partial charge in [0.1, 0.15) is 6.61 Å². The molecule has 3 heteroatoms. The molecule has 0 heterocycles. The first kappa shape index (κ1) is 10.5. The van der Waals surface area contributed by atoms with Crippen LogP contribution in [0.3, 0.4) is 0 Å². The Morgan fingerprint density at radius 1 is 1.45 bits per heavy atom. The maximum absolute atomic E-state index is 9.15. The van der Waals surface area contributed by atoms with E-state index in [-0.39, 0.29) is 6.61 Å². The monoisotopic (exact) mass is 160 g/mol. The number of hydrogen-bond acceptors (Lipinski definition) is 3. The van der Waals surface area contributed by atoms with Gasteiger partial charge in [-0.05, 0) is 19.3 Å². The molecule has 0 saturated carbocycles. The van der Waals surface area contributed by atoms with Gasteiger partial charge in [0.25, 0.3) is 0 Å². The summed E-state index contributed by atoms with van der Waals surface area (Å²) in [6.45, 7) is 3.85. The summed E-state index contributed by atoms with van der Waals surface area (Å²) in [5, 5.41) is 17.6. The first-order valence-corrected chi connectivity index (χ1v) is 3.82. The number of ether oxygens (including phenoxy) is 1. The maximum Gasteiger partial charge on any atom is 0.113 e. The summed E-state index contributed by atoms with van der Waals surface area (Å²) in [6.07, 6.45) is 3.13. The molecular weight excluding hydrogens is 144 g/mol. The zero-order valence-electron chi connectivity index (χ0n) is 6.70. The van der Waals surface area contributed by atoms with Crippen molar-refractivity contribution in [3.8, 4) is 0 Å². The van der Waals surface area contributed by atoms with Crippen molar-refractivity contribution in [3.05, 3.63) is 12.8 Å². The zero-order valence-corrected chi connectivity index (χ0v) is 6.70. The third-order valence-corrected chi connectivity index (χ3v) is 1.35. The molecule has 1 atom stereocenters.